The molecule has 3 aromatic heterocycles. The van der Waals surface area contributed by atoms with Gasteiger partial charge in [0.1, 0.15) is 5.52 Å². The van der Waals surface area contributed by atoms with Crippen LogP contribution in [0.4, 0.5) is 11.5 Å². The van der Waals surface area contributed by atoms with Crippen molar-refractivity contribution in [3.63, 3.8) is 0 Å². The number of fused-ring (bicyclic) bond motifs is 3. The molecule has 4 rings (SSSR count). The first kappa shape index (κ1) is 16.1. The van der Waals surface area contributed by atoms with Gasteiger partial charge in [-0.2, -0.15) is 0 Å². The van der Waals surface area contributed by atoms with Crippen molar-refractivity contribution in [2.24, 2.45) is 0 Å². The topological polar surface area (TPSA) is 79.5 Å². The summed E-state index contributed by atoms with van der Waals surface area (Å²) in [5, 5.41) is 12.9. The zero-order valence-corrected chi connectivity index (χ0v) is 14.5. The van der Waals surface area contributed by atoms with Gasteiger partial charge in [0.25, 0.3) is 0 Å². The van der Waals surface area contributed by atoms with Crippen LogP contribution in [0.25, 0.3) is 16.6 Å². The molecule has 6 nitrogen and oxygen atoms in total. The lowest BCUT2D eigenvalue weighted by atomic mass is 10.0. The van der Waals surface area contributed by atoms with Gasteiger partial charge in [-0.3, -0.25) is 4.98 Å². The summed E-state index contributed by atoms with van der Waals surface area (Å²) in [6, 6.07) is 11.5. The number of hydrogen-bond donors (Lipinski definition) is 2. The third-order valence-corrected chi connectivity index (χ3v) is 4.43. The number of hydrogen-bond acceptors (Lipinski definition) is 4. The molecule has 3 heterocycles. The minimum absolute atomic E-state index is 0.200. The number of nitrogens with zero attached hydrogens (tertiary/aromatic N) is 3. The quantitative estimate of drug-likeness (QED) is 0.571. The van der Waals surface area contributed by atoms with Crippen molar-refractivity contribution in [1.82, 2.24) is 14.4 Å². The predicted octanol–water partition coefficient (Wildman–Crippen LogP) is 4.45. The third kappa shape index (κ3) is 2.65. The molecule has 4 aromatic rings. The summed E-state index contributed by atoms with van der Waals surface area (Å²) in [7, 11) is 0. The van der Waals surface area contributed by atoms with E-state index in [1.165, 1.54) is 5.56 Å². The fourth-order valence-corrected chi connectivity index (χ4v) is 3.08. The largest absolute Gasteiger partial charge is 0.478 e. The number of nitrogens with one attached hydrogen (secondary N) is 1. The Labute approximate surface area is 150 Å². The Balaban J connectivity index is 1.94. The third-order valence-electron chi connectivity index (χ3n) is 4.43. The van der Waals surface area contributed by atoms with Crippen LogP contribution in [-0.2, 0) is 0 Å². The number of benzene rings is 1. The number of pyridine rings is 1. The molecule has 0 aliphatic rings. The molecule has 1 aromatic carbocycles. The standard InChI is InChI=1S/C20H18N4O2/c1-12(2)13-4-3-5-14(10-13)22-19-18-15(20(25)26)7-9-24(18)17-11-21-8-6-16(17)23-19/h3-12H,1-2H3,(H,22,23)(H,25,26). The van der Waals surface area contributed by atoms with Crippen LogP contribution in [0.3, 0.4) is 0 Å². The van der Waals surface area contributed by atoms with E-state index in [-0.39, 0.29) is 5.56 Å². The highest BCUT2D eigenvalue weighted by Crippen LogP contribution is 2.29. The molecule has 2 N–H and O–H groups in total. The Hall–Kier alpha value is -3.41. The van der Waals surface area contributed by atoms with Crippen molar-refractivity contribution in [1.29, 1.82) is 0 Å². The molecule has 0 saturated heterocycles. The molecule has 0 fully saturated rings. The summed E-state index contributed by atoms with van der Waals surface area (Å²) in [6.45, 7) is 4.27. The van der Waals surface area contributed by atoms with Crippen LogP contribution in [0.15, 0.2) is 55.0 Å². The van der Waals surface area contributed by atoms with Gasteiger partial charge in [0.15, 0.2) is 5.82 Å². The number of anilines is 2. The maximum atomic E-state index is 11.7. The summed E-state index contributed by atoms with van der Waals surface area (Å²) in [5.41, 5.74) is 4.29. The second-order valence-corrected chi connectivity index (χ2v) is 6.48. The number of carboxylic acids is 1. The Morgan fingerprint density at radius 2 is 2.08 bits per heavy atom. The average Bonchev–Trinajstić information content (AvgIpc) is 3.08. The fraction of sp³-hybridized carbons (Fsp3) is 0.150. The Morgan fingerprint density at radius 3 is 2.85 bits per heavy atom. The van der Waals surface area contributed by atoms with Crippen molar-refractivity contribution < 1.29 is 9.90 Å². The second-order valence-electron chi connectivity index (χ2n) is 6.48. The second kappa shape index (κ2) is 6.15. The summed E-state index contributed by atoms with van der Waals surface area (Å²) in [6.07, 6.45) is 5.09. The van der Waals surface area contributed by atoms with E-state index < -0.39 is 5.97 Å². The number of carbonyl (C=O) groups is 1. The van der Waals surface area contributed by atoms with Crippen LogP contribution in [-0.4, -0.2) is 25.4 Å². The first-order valence-corrected chi connectivity index (χ1v) is 8.39. The molecule has 0 aliphatic heterocycles. The Morgan fingerprint density at radius 1 is 1.23 bits per heavy atom. The molecule has 0 aliphatic carbocycles. The molecule has 6 heteroatoms. The zero-order chi connectivity index (χ0) is 18.3. The van der Waals surface area contributed by atoms with Gasteiger partial charge in [-0.15, -0.1) is 0 Å². The maximum absolute atomic E-state index is 11.7. The lowest BCUT2D eigenvalue weighted by Gasteiger charge is -2.13. The molecule has 0 unspecified atom stereocenters. The summed E-state index contributed by atoms with van der Waals surface area (Å²) < 4.78 is 1.81. The first-order chi connectivity index (χ1) is 12.5. The average molecular weight is 346 g/mol. The van der Waals surface area contributed by atoms with E-state index in [1.54, 1.807) is 24.7 Å². The highest BCUT2D eigenvalue weighted by molar-refractivity contribution is 6.02. The van der Waals surface area contributed by atoms with Gasteiger partial charge in [-0.25, -0.2) is 9.78 Å². The maximum Gasteiger partial charge on any atom is 0.338 e. The van der Waals surface area contributed by atoms with E-state index in [2.05, 4.69) is 41.3 Å². The van der Waals surface area contributed by atoms with Crippen molar-refractivity contribution in [2.45, 2.75) is 19.8 Å². The van der Waals surface area contributed by atoms with Crippen LogP contribution in [0, 0.1) is 0 Å². The molecule has 0 amide bonds. The lowest BCUT2D eigenvalue weighted by Crippen LogP contribution is -2.03. The molecule has 0 saturated carbocycles. The number of aromatic carboxylic acids is 1. The first-order valence-electron chi connectivity index (χ1n) is 8.39. The van der Waals surface area contributed by atoms with Crippen molar-refractivity contribution in [3.8, 4) is 0 Å². The van der Waals surface area contributed by atoms with E-state index in [4.69, 9.17) is 0 Å². The van der Waals surface area contributed by atoms with Gasteiger partial charge < -0.3 is 14.8 Å². The number of rotatable bonds is 4. The molecule has 0 atom stereocenters. The van der Waals surface area contributed by atoms with Gasteiger partial charge in [-0.05, 0) is 35.7 Å². The molecule has 130 valence electrons. The van der Waals surface area contributed by atoms with Gasteiger partial charge in [-0.1, -0.05) is 26.0 Å². The summed E-state index contributed by atoms with van der Waals surface area (Å²) in [4.78, 5) is 20.5. The minimum Gasteiger partial charge on any atom is -0.478 e. The minimum atomic E-state index is -0.989. The van der Waals surface area contributed by atoms with Crippen LogP contribution in [0.5, 0.6) is 0 Å². The monoisotopic (exact) mass is 346 g/mol. The van der Waals surface area contributed by atoms with E-state index >= 15 is 0 Å². The molecule has 0 spiro atoms. The van der Waals surface area contributed by atoms with Crippen molar-refractivity contribution in [2.75, 3.05) is 5.32 Å². The van der Waals surface area contributed by atoms with Crippen LogP contribution >= 0.6 is 0 Å². The van der Waals surface area contributed by atoms with Gasteiger partial charge in [0.05, 0.1) is 22.8 Å². The highest BCUT2D eigenvalue weighted by atomic mass is 16.4. The normalized spacial score (nSPS) is 11.3. The molecular weight excluding hydrogens is 328 g/mol. The summed E-state index contributed by atoms with van der Waals surface area (Å²) in [5.74, 6) is -0.0844. The van der Waals surface area contributed by atoms with Crippen LogP contribution in [0.2, 0.25) is 0 Å². The van der Waals surface area contributed by atoms with Gasteiger partial charge >= 0.3 is 5.97 Å². The molecule has 0 bridgehead atoms. The zero-order valence-electron chi connectivity index (χ0n) is 14.5. The van der Waals surface area contributed by atoms with E-state index in [0.717, 1.165) is 16.7 Å². The number of aromatic nitrogens is 3. The Kier molecular flexibility index (Phi) is 3.80. The van der Waals surface area contributed by atoms with Crippen LogP contribution in [0.1, 0.15) is 35.7 Å². The highest BCUT2D eigenvalue weighted by Gasteiger charge is 2.17. The lowest BCUT2D eigenvalue weighted by molar-refractivity contribution is 0.0699. The summed E-state index contributed by atoms with van der Waals surface area (Å²) >= 11 is 0. The van der Waals surface area contributed by atoms with E-state index in [1.807, 2.05) is 22.6 Å². The fourth-order valence-electron chi connectivity index (χ4n) is 3.08. The van der Waals surface area contributed by atoms with Gasteiger partial charge in [0.2, 0.25) is 0 Å². The van der Waals surface area contributed by atoms with Gasteiger partial charge in [0, 0.05) is 18.1 Å². The predicted molar refractivity (Wildman–Crippen MR) is 101 cm³/mol. The van der Waals surface area contributed by atoms with E-state index in [0.29, 0.717) is 17.3 Å². The van der Waals surface area contributed by atoms with Crippen molar-refractivity contribution in [3.05, 3.63) is 66.1 Å². The van der Waals surface area contributed by atoms with E-state index in [9.17, 15) is 9.90 Å². The number of carboxylic acid groups (broad SMARTS) is 1. The molecule has 0 radical (unpaired) electrons. The van der Waals surface area contributed by atoms with Crippen LogP contribution < -0.4 is 5.32 Å². The SMILES string of the molecule is CC(C)c1cccc(Nc2nc3ccncc3n3ccc(C(=O)O)c23)c1. The smallest absolute Gasteiger partial charge is 0.338 e. The molecular formula is C20H18N4O2. The Bertz CT molecular complexity index is 1130. The van der Waals surface area contributed by atoms with Crippen molar-refractivity contribution >= 4 is 34.0 Å². The molecule has 26 heavy (non-hydrogen) atoms.